The molecule has 0 spiro atoms. The zero-order valence-electron chi connectivity index (χ0n) is 13.1. The minimum absolute atomic E-state index is 0.566. The van der Waals surface area contributed by atoms with E-state index < -0.39 is 0 Å². The molecule has 1 aromatic heterocycles. The van der Waals surface area contributed by atoms with E-state index in [4.69, 9.17) is 4.98 Å². The van der Waals surface area contributed by atoms with Gasteiger partial charge in [0, 0.05) is 29.6 Å². The highest BCUT2D eigenvalue weighted by Gasteiger charge is 2.28. The molecule has 0 aliphatic heterocycles. The molecule has 1 aliphatic rings. The SMILES string of the molecule is CCCNC(CSC(C)C)C1CCCc2cccnc21. The van der Waals surface area contributed by atoms with Crippen molar-refractivity contribution in [2.24, 2.45) is 0 Å². The Balaban J connectivity index is 2.11. The molecule has 3 heteroatoms. The zero-order valence-corrected chi connectivity index (χ0v) is 13.9. The lowest BCUT2D eigenvalue weighted by molar-refractivity contribution is 0.411. The Labute approximate surface area is 128 Å². The standard InChI is InChI=1S/C17H28N2S/c1-4-10-18-16(12-20-13(2)3)15-9-5-7-14-8-6-11-19-17(14)15/h6,8,11,13,15-16,18H,4-5,7,9-10,12H2,1-3H3. The van der Waals surface area contributed by atoms with Crippen LogP contribution in [0.3, 0.4) is 0 Å². The Morgan fingerprint density at radius 3 is 3.05 bits per heavy atom. The van der Waals surface area contributed by atoms with Crippen LogP contribution in [0.25, 0.3) is 0 Å². The van der Waals surface area contributed by atoms with Crippen molar-refractivity contribution in [2.45, 2.75) is 63.7 Å². The third kappa shape index (κ3) is 4.23. The van der Waals surface area contributed by atoms with Gasteiger partial charge in [0.2, 0.25) is 0 Å². The predicted octanol–water partition coefficient (Wildman–Crippen LogP) is 4.01. The Hall–Kier alpha value is -0.540. The minimum atomic E-state index is 0.566. The summed E-state index contributed by atoms with van der Waals surface area (Å²) in [7, 11) is 0. The molecule has 1 N–H and O–H groups in total. The van der Waals surface area contributed by atoms with E-state index in [1.54, 1.807) is 0 Å². The van der Waals surface area contributed by atoms with E-state index in [-0.39, 0.29) is 0 Å². The van der Waals surface area contributed by atoms with Crippen molar-refractivity contribution in [3.8, 4) is 0 Å². The van der Waals surface area contributed by atoms with Gasteiger partial charge in [-0.25, -0.2) is 0 Å². The van der Waals surface area contributed by atoms with Crippen LogP contribution >= 0.6 is 11.8 Å². The van der Waals surface area contributed by atoms with Crippen molar-refractivity contribution >= 4 is 11.8 Å². The maximum Gasteiger partial charge on any atom is 0.0482 e. The summed E-state index contributed by atoms with van der Waals surface area (Å²) in [5.41, 5.74) is 2.83. The molecule has 0 bridgehead atoms. The molecule has 1 aliphatic carbocycles. The summed E-state index contributed by atoms with van der Waals surface area (Å²) in [6, 6.07) is 4.91. The summed E-state index contributed by atoms with van der Waals surface area (Å²) in [6.45, 7) is 7.93. The second-order valence-corrected chi connectivity index (χ2v) is 7.60. The van der Waals surface area contributed by atoms with Gasteiger partial charge < -0.3 is 5.32 Å². The molecule has 0 aromatic carbocycles. The van der Waals surface area contributed by atoms with Crippen molar-refractivity contribution in [2.75, 3.05) is 12.3 Å². The van der Waals surface area contributed by atoms with E-state index in [0.29, 0.717) is 17.2 Å². The zero-order chi connectivity index (χ0) is 14.4. The highest BCUT2D eigenvalue weighted by Crippen LogP contribution is 2.34. The first-order chi connectivity index (χ1) is 9.72. The van der Waals surface area contributed by atoms with E-state index in [1.165, 1.54) is 42.7 Å². The van der Waals surface area contributed by atoms with E-state index in [2.05, 4.69) is 50.0 Å². The van der Waals surface area contributed by atoms with Crippen molar-refractivity contribution < 1.29 is 0 Å². The first-order valence-corrected chi connectivity index (χ1v) is 9.06. The minimum Gasteiger partial charge on any atom is -0.312 e. The molecule has 0 radical (unpaired) electrons. The molecule has 1 heterocycles. The molecule has 20 heavy (non-hydrogen) atoms. The van der Waals surface area contributed by atoms with Crippen LogP contribution in [0.15, 0.2) is 18.3 Å². The van der Waals surface area contributed by atoms with E-state index in [1.807, 2.05) is 6.20 Å². The molecule has 2 nitrogen and oxygen atoms in total. The monoisotopic (exact) mass is 292 g/mol. The number of rotatable bonds is 7. The second-order valence-electron chi connectivity index (χ2n) is 5.99. The molecule has 2 unspecified atom stereocenters. The number of nitrogens with zero attached hydrogens (tertiary/aromatic N) is 1. The van der Waals surface area contributed by atoms with Gasteiger partial charge in [-0.3, -0.25) is 4.98 Å². The van der Waals surface area contributed by atoms with Gasteiger partial charge >= 0.3 is 0 Å². The third-order valence-corrected chi connectivity index (χ3v) is 5.21. The summed E-state index contributed by atoms with van der Waals surface area (Å²) in [5.74, 6) is 1.79. The fourth-order valence-corrected chi connectivity index (χ4v) is 3.92. The highest BCUT2D eigenvalue weighted by atomic mass is 32.2. The molecular weight excluding hydrogens is 264 g/mol. The molecule has 2 atom stereocenters. The highest BCUT2D eigenvalue weighted by molar-refractivity contribution is 7.99. The van der Waals surface area contributed by atoms with Crippen LogP contribution in [-0.2, 0) is 6.42 Å². The number of aromatic nitrogens is 1. The summed E-state index contributed by atoms with van der Waals surface area (Å²) < 4.78 is 0. The molecule has 0 saturated heterocycles. The van der Waals surface area contributed by atoms with Crippen LogP contribution in [-0.4, -0.2) is 28.6 Å². The van der Waals surface area contributed by atoms with Gasteiger partial charge in [-0.05, 0) is 49.1 Å². The van der Waals surface area contributed by atoms with Gasteiger partial charge in [-0.15, -0.1) is 0 Å². The maximum absolute atomic E-state index is 4.71. The Morgan fingerprint density at radius 2 is 2.30 bits per heavy atom. The smallest absolute Gasteiger partial charge is 0.0482 e. The van der Waals surface area contributed by atoms with Gasteiger partial charge in [0.25, 0.3) is 0 Å². The number of pyridine rings is 1. The van der Waals surface area contributed by atoms with Gasteiger partial charge in [-0.2, -0.15) is 11.8 Å². The van der Waals surface area contributed by atoms with Crippen molar-refractivity contribution in [3.63, 3.8) is 0 Å². The van der Waals surface area contributed by atoms with Crippen LogP contribution in [0, 0.1) is 0 Å². The lowest BCUT2D eigenvalue weighted by atomic mass is 9.82. The first kappa shape index (κ1) is 15.8. The van der Waals surface area contributed by atoms with Crippen LogP contribution in [0.2, 0.25) is 0 Å². The Bertz CT molecular complexity index is 406. The quantitative estimate of drug-likeness (QED) is 0.822. The van der Waals surface area contributed by atoms with Crippen LogP contribution in [0.5, 0.6) is 0 Å². The fourth-order valence-electron chi connectivity index (χ4n) is 2.98. The Kier molecular flexibility index (Phi) is 6.37. The lowest BCUT2D eigenvalue weighted by Crippen LogP contribution is -2.39. The molecule has 0 fully saturated rings. The number of thioether (sulfide) groups is 1. The van der Waals surface area contributed by atoms with E-state index in [9.17, 15) is 0 Å². The van der Waals surface area contributed by atoms with Gasteiger partial charge in [0.1, 0.15) is 0 Å². The van der Waals surface area contributed by atoms with Gasteiger partial charge in [-0.1, -0.05) is 26.8 Å². The molecule has 0 saturated carbocycles. The number of nitrogens with one attached hydrogen (secondary N) is 1. The normalized spacial score (nSPS) is 19.9. The van der Waals surface area contributed by atoms with Crippen LogP contribution < -0.4 is 5.32 Å². The van der Waals surface area contributed by atoms with Crippen molar-refractivity contribution in [1.82, 2.24) is 10.3 Å². The topological polar surface area (TPSA) is 24.9 Å². The fraction of sp³-hybridized carbons (Fsp3) is 0.706. The lowest BCUT2D eigenvalue weighted by Gasteiger charge is -2.32. The maximum atomic E-state index is 4.71. The average molecular weight is 292 g/mol. The second kappa shape index (κ2) is 8.04. The number of fused-ring (bicyclic) bond motifs is 1. The average Bonchev–Trinajstić information content (AvgIpc) is 2.47. The largest absolute Gasteiger partial charge is 0.312 e. The molecule has 2 rings (SSSR count). The summed E-state index contributed by atoms with van der Waals surface area (Å²) in [4.78, 5) is 4.71. The molecule has 0 amide bonds. The van der Waals surface area contributed by atoms with Crippen molar-refractivity contribution in [3.05, 3.63) is 29.6 Å². The van der Waals surface area contributed by atoms with Gasteiger partial charge in [0.15, 0.2) is 0 Å². The number of hydrogen-bond donors (Lipinski definition) is 1. The molecule has 112 valence electrons. The Morgan fingerprint density at radius 1 is 1.45 bits per heavy atom. The molecular formula is C17H28N2S. The van der Waals surface area contributed by atoms with Crippen LogP contribution in [0.1, 0.15) is 57.2 Å². The summed E-state index contributed by atoms with van der Waals surface area (Å²) >= 11 is 2.07. The first-order valence-electron chi connectivity index (χ1n) is 8.01. The van der Waals surface area contributed by atoms with Gasteiger partial charge in [0.05, 0.1) is 0 Å². The summed E-state index contributed by atoms with van der Waals surface area (Å²) in [5, 5.41) is 4.48. The van der Waals surface area contributed by atoms with E-state index in [0.717, 1.165) is 6.54 Å². The van der Waals surface area contributed by atoms with Crippen LogP contribution in [0.4, 0.5) is 0 Å². The third-order valence-electron chi connectivity index (χ3n) is 3.99. The number of hydrogen-bond acceptors (Lipinski definition) is 3. The predicted molar refractivity (Wildman–Crippen MR) is 89.6 cm³/mol. The molecule has 1 aromatic rings. The van der Waals surface area contributed by atoms with Crippen molar-refractivity contribution in [1.29, 1.82) is 0 Å². The number of aryl methyl sites for hydroxylation is 1. The van der Waals surface area contributed by atoms with E-state index >= 15 is 0 Å². The summed E-state index contributed by atoms with van der Waals surface area (Å²) in [6.07, 6.45) is 6.95.